The van der Waals surface area contributed by atoms with E-state index < -0.39 is 0 Å². The molecular formula is C7H14N2OS2. The van der Waals surface area contributed by atoms with Crippen LogP contribution in [-0.4, -0.2) is 31.9 Å². The second-order valence-corrected chi connectivity index (χ2v) is 5.58. The van der Waals surface area contributed by atoms with Gasteiger partial charge in [0.1, 0.15) is 10.5 Å². The second kappa shape index (κ2) is 3.49. The standard InChI is InChI=1S/C7H14N2OS2/c1-4-9-5(8-10)7(2,3)12-6(9)11/h5,8,10H,4H2,1-3H3/t5-/m0/s1. The molecule has 1 saturated heterocycles. The first-order chi connectivity index (χ1) is 5.53. The van der Waals surface area contributed by atoms with Crippen LogP contribution >= 0.6 is 24.0 Å². The summed E-state index contributed by atoms with van der Waals surface area (Å²) in [5.41, 5.74) is 2.30. The molecule has 1 rings (SSSR count). The molecule has 0 amide bonds. The topological polar surface area (TPSA) is 35.5 Å². The van der Waals surface area contributed by atoms with E-state index in [1.165, 1.54) is 0 Å². The van der Waals surface area contributed by atoms with Crippen molar-refractivity contribution < 1.29 is 5.21 Å². The average molecular weight is 206 g/mol. The number of nitrogens with zero attached hydrogens (tertiary/aromatic N) is 1. The zero-order chi connectivity index (χ0) is 9.35. The molecule has 0 unspecified atom stereocenters. The van der Waals surface area contributed by atoms with Crippen LogP contribution in [-0.2, 0) is 0 Å². The van der Waals surface area contributed by atoms with Gasteiger partial charge in [-0.15, -0.1) is 0 Å². The van der Waals surface area contributed by atoms with Crippen molar-refractivity contribution >= 4 is 28.3 Å². The van der Waals surface area contributed by atoms with Crippen LogP contribution in [0.1, 0.15) is 20.8 Å². The fourth-order valence-corrected chi connectivity index (χ4v) is 3.33. The molecule has 1 aliphatic rings. The van der Waals surface area contributed by atoms with Gasteiger partial charge in [0, 0.05) is 6.54 Å². The summed E-state index contributed by atoms with van der Waals surface area (Å²) in [5.74, 6) is 0. The zero-order valence-electron chi connectivity index (χ0n) is 7.50. The van der Waals surface area contributed by atoms with E-state index in [9.17, 15) is 0 Å². The Kier molecular flexibility index (Phi) is 2.98. The third-order valence-electron chi connectivity index (χ3n) is 2.02. The van der Waals surface area contributed by atoms with Gasteiger partial charge in [0.25, 0.3) is 0 Å². The van der Waals surface area contributed by atoms with E-state index in [4.69, 9.17) is 17.4 Å². The van der Waals surface area contributed by atoms with Crippen molar-refractivity contribution in [2.45, 2.75) is 31.7 Å². The van der Waals surface area contributed by atoms with Crippen LogP contribution in [0.2, 0.25) is 0 Å². The minimum absolute atomic E-state index is 0.0537. The van der Waals surface area contributed by atoms with Gasteiger partial charge >= 0.3 is 0 Å². The van der Waals surface area contributed by atoms with Gasteiger partial charge in [-0.2, -0.15) is 5.48 Å². The fraction of sp³-hybridized carbons (Fsp3) is 0.857. The lowest BCUT2D eigenvalue weighted by atomic mass is 10.1. The highest BCUT2D eigenvalue weighted by atomic mass is 32.2. The van der Waals surface area contributed by atoms with E-state index in [0.29, 0.717) is 0 Å². The van der Waals surface area contributed by atoms with E-state index in [1.807, 2.05) is 11.8 Å². The largest absolute Gasteiger partial charge is 0.339 e. The van der Waals surface area contributed by atoms with E-state index in [-0.39, 0.29) is 10.9 Å². The van der Waals surface area contributed by atoms with E-state index in [0.717, 1.165) is 10.9 Å². The molecule has 3 nitrogen and oxygen atoms in total. The van der Waals surface area contributed by atoms with Crippen molar-refractivity contribution in [2.24, 2.45) is 0 Å². The predicted molar refractivity (Wildman–Crippen MR) is 55.4 cm³/mol. The van der Waals surface area contributed by atoms with Crippen molar-refractivity contribution in [3.05, 3.63) is 0 Å². The maximum absolute atomic E-state index is 8.96. The van der Waals surface area contributed by atoms with E-state index in [2.05, 4.69) is 19.3 Å². The highest BCUT2D eigenvalue weighted by Gasteiger charge is 2.43. The van der Waals surface area contributed by atoms with Gasteiger partial charge in [-0.25, -0.2) is 0 Å². The first kappa shape index (κ1) is 10.2. The molecule has 1 atom stereocenters. The molecule has 2 N–H and O–H groups in total. The molecule has 0 aromatic rings. The van der Waals surface area contributed by atoms with Crippen LogP contribution in [0.5, 0.6) is 0 Å². The lowest BCUT2D eigenvalue weighted by Crippen LogP contribution is -2.49. The molecular weight excluding hydrogens is 192 g/mol. The predicted octanol–water partition coefficient (Wildman–Crippen LogP) is 1.42. The third-order valence-corrected chi connectivity index (χ3v) is 3.66. The van der Waals surface area contributed by atoms with Crippen LogP contribution in [0.3, 0.4) is 0 Å². The number of thiocarbonyl (C=S) groups is 1. The van der Waals surface area contributed by atoms with Crippen molar-refractivity contribution in [1.29, 1.82) is 0 Å². The Bertz CT molecular complexity index is 196. The molecule has 1 fully saturated rings. The number of nitrogens with one attached hydrogen (secondary N) is 1. The van der Waals surface area contributed by atoms with Gasteiger partial charge in [0.15, 0.2) is 0 Å². The molecule has 0 aliphatic carbocycles. The van der Waals surface area contributed by atoms with Crippen molar-refractivity contribution in [1.82, 2.24) is 10.4 Å². The summed E-state index contributed by atoms with van der Waals surface area (Å²) in [4.78, 5) is 1.99. The van der Waals surface area contributed by atoms with Crippen molar-refractivity contribution in [3.8, 4) is 0 Å². The molecule has 1 heterocycles. The highest BCUT2D eigenvalue weighted by Crippen LogP contribution is 2.39. The lowest BCUT2D eigenvalue weighted by molar-refractivity contribution is 0.0589. The summed E-state index contributed by atoms with van der Waals surface area (Å²) in [6.07, 6.45) is -0.0694. The van der Waals surface area contributed by atoms with Crippen LogP contribution in [0, 0.1) is 0 Å². The maximum Gasteiger partial charge on any atom is 0.138 e. The number of rotatable bonds is 2. The summed E-state index contributed by atoms with van der Waals surface area (Å²) in [7, 11) is 0. The third kappa shape index (κ3) is 1.59. The molecule has 5 heteroatoms. The quantitative estimate of drug-likeness (QED) is 0.528. The zero-order valence-corrected chi connectivity index (χ0v) is 9.13. The molecule has 0 aromatic heterocycles. The smallest absolute Gasteiger partial charge is 0.138 e. The summed E-state index contributed by atoms with van der Waals surface area (Å²) in [6, 6.07) is 0. The minimum atomic E-state index is -0.0694. The number of thioether (sulfide) groups is 1. The maximum atomic E-state index is 8.96. The minimum Gasteiger partial charge on any atom is -0.339 e. The highest BCUT2D eigenvalue weighted by molar-refractivity contribution is 8.24. The van der Waals surface area contributed by atoms with Crippen molar-refractivity contribution in [2.75, 3.05) is 6.54 Å². The van der Waals surface area contributed by atoms with Gasteiger partial charge in [-0.3, -0.25) is 0 Å². The molecule has 0 aromatic carbocycles. The summed E-state index contributed by atoms with van der Waals surface area (Å²) in [6.45, 7) is 6.98. The Balaban J connectivity index is 2.83. The molecule has 0 bridgehead atoms. The molecule has 0 spiro atoms. The number of hydrogen-bond donors (Lipinski definition) is 2. The number of hydrogen-bond acceptors (Lipinski definition) is 4. The number of hydroxylamine groups is 1. The Labute approximate surface area is 82.5 Å². The SMILES string of the molecule is CCN1C(=S)SC(C)(C)[C@H]1NO. The monoisotopic (exact) mass is 206 g/mol. The van der Waals surface area contributed by atoms with Gasteiger partial charge in [0.05, 0.1) is 4.75 Å². The first-order valence-corrected chi connectivity index (χ1v) is 5.14. The van der Waals surface area contributed by atoms with Crippen molar-refractivity contribution in [3.63, 3.8) is 0 Å². The van der Waals surface area contributed by atoms with Crippen LogP contribution in [0.25, 0.3) is 0 Å². The van der Waals surface area contributed by atoms with Gasteiger partial charge in [0.2, 0.25) is 0 Å². The molecule has 12 heavy (non-hydrogen) atoms. The summed E-state index contributed by atoms with van der Waals surface area (Å²) < 4.78 is 0.802. The molecule has 0 radical (unpaired) electrons. The molecule has 70 valence electrons. The van der Waals surface area contributed by atoms with Gasteiger partial charge in [-0.05, 0) is 20.8 Å². The van der Waals surface area contributed by atoms with Gasteiger partial charge < -0.3 is 10.1 Å². The first-order valence-electron chi connectivity index (χ1n) is 3.92. The summed E-state index contributed by atoms with van der Waals surface area (Å²) >= 11 is 6.79. The second-order valence-electron chi connectivity index (χ2n) is 3.29. The fourth-order valence-electron chi connectivity index (χ4n) is 1.36. The lowest BCUT2D eigenvalue weighted by Gasteiger charge is -2.29. The average Bonchev–Trinajstić information content (AvgIpc) is 2.18. The molecule has 0 saturated carbocycles. The molecule has 1 aliphatic heterocycles. The Morgan fingerprint density at radius 2 is 2.33 bits per heavy atom. The van der Waals surface area contributed by atoms with Gasteiger partial charge in [-0.1, -0.05) is 24.0 Å². The normalized spacial score (nSPS) is 28.2. The van der Waals surface area contributed by atoms with Crippen LogP contribution in [0.15, 0.2) is 0 Å². The van der Waals surface area contributed by atoms with Crippen LogP contribution < -0.4 is 5.48 Å². The summed E-state index contributed by atoms with van der Waals surface area (Å²) in [5, 5.41) is 8.96. The Morgan fingerprint density at radius 1 is 1.75 bits per heavy atom. The Hall–Kier alpha value is 0.160. The van der Waals surface area contributed by atoms with E-state index in [1.54, 1.807) is 11.8 Å². The Morgan fingerprint density at radius 3 is 2.67 bits per heavy atom. The van der Waals surface area contributed by atoms with E-state index >= 15 is 0 Å². The van der Waals surface area contributed by atoms with Crippen LogP contribution in [0.4, 0.5) is 0 Å².